The van der Waals surface area contributed by atoms with Crippen LogP contribution in [0.1, 0.15) is 39.0 Å². The van der Waals surface area contributed by atoms with E-state index in [1.165, 1.54) is 24.2 Å². The van der Waals surface area contributed by atoms with Crippen LogP contribution in [-0.2, 0) is 10.0 Å². The van der Waals surface area contributed by atoms with Gasteiger partial charge in [0.2, 0.25) is 0 Å². The van der Waals surface area contributed by atoms with Gasteiger partial charge in [-0.3, -0.25) is 0 Å². The molecular formula is C13H20BrNO2S2. The summed E-state index contributed by atoms with van der Waals surface area (Å²) >= 11 is 4.62. The summed E-state index contributed by atoms with van der Waals surface area (Å²) in [6.45, 7) is 3.53. The van der Waals surface area contributed by atoms with Gasteiger partial charge in [0.1, 0.15) is 4.21 Å². The molecule has 2 rings (SSSR count). The Kier molecular flexibility index (Phi) is 5.45. The Labute approximate surface area is 128 Å². The Morgan fingerprint density at radius 2 is 2.16 bits per heavy atom. The van der Waals surface area contributed by atoms with Crippen LogP contribution >= 0.6 is 27.3 Å². The first-order valence-electron chi connectivity index (χ1n) is 6.79. The minimum absolute atomic E-state index is 0.452. The van der Waals surface area contributed by atoms with Gasteiger partial charge in [-0.2, -0.15) is 4.31 Å². The number of rotatable bonds is 4. The van der Waals surface area contributed by atoms with Crippen LogP contribution in [0.3, 0.4) is 0 Å². The average Bonchev–Trinajstić information content (AvgIpc) is 2.66. The van der Waals surface area contributed by atoms with Crippen LogP contribution in [-0.4, -0.2) is 25.8 Å². The van der Waals surface area contributed by atoms with Gasteiger partial charge in [0.15, 0.2) is 0 Å². The molecule has 0 saturated carbocycles. The third-order valence-corrected chi connectivity index (χ3v) is 7.64. The number of nitrogens with zero attached hydrogens (tertiary/aromatic N) is 1. The Bertz CT molecular complexity index is 512. The molecule has 1 fully saturated rings. The predicted octanol–water partition coefficient (Wildman–Crippen LogP) is 4.10. The normalized spacial score (nSPS) is 22.3. The van der Waals surface area contributed by atoms with Crippen molar-refractivity contribution in [3.63, 3.8) is 0 Å². The number of thiophene rings is 1. The minimum Gasteiger partial charge on any atom is -0.206 e. The lowest BCUT2D eigenvalue weighted by Crippen LogP contribution is -2.31. The summed E-state index contributed by atoms with van der Waals surface area (Å²) < 4.78 is 28.1. The number of hydrogen-bond donors (Lipinski definition) is 0. The van der Waals surface area contributed by atoms with Crippen LogP contribution < -0.4 is 0 Å². The molecule has 0 bridgehead atoms. The zero-order chi connectivity index (χ0) is 13.9. The van der Waals surface area contributed by atoms with E-state index in [0.717, 1.165) is 23.0 Å². The molecule has 3 nitrogen and oxygen atoms in total. The fourth-order valence-electron chi connectivity index (χ4n) is 2.64. The van der Waals surface area contributed by atoms with Crippen molar-refractivity contribution in [1.29, 1.82) is 0 Å². The molecule has 1 saturated heterocycles. The smallest absolute Gasteiger partial charge is 0.206 e. The predicted molar refractivity (Wildman–Crippen MR) is 83.0 cm³/mol. The number of hydrogen-bond acceptors (Lipinski definition) is 3. The van der Waals surface area contributed by atoms with Gasteiger partial charge in [-0.1, -0.05) is 19.8 Å². The standard InChI is InChI=1S/C13H20BrNO2S2/c1-2-4-11-5-3-9-15(10-8-11)19(16,17)13-7-6-12(14)18-13/h6-7,11H,2-5,8-10H2,1H3. The molecule has 1 unspecified atom stereocenters. The highest BCUT2D eigenvalue weighted by molar-refractivity contribution is 9.11. The molecule has 0 amide bonds. The first-order chi connectivity index (χ1) is 9.04. The zero-order valence-electron chi connectivity index (χ0n) is 11.1. The van der Waals surface area contributed by atoms with Crippen LogP contribution in [0.25, 0.3) is 0 Å². The SMILES string of the molecule is CCCC1CCCN(S(=O)(=O)c2ccc(Br)s2)CC1. The molecule has 0 N–H and O–H groups in total. The first kappa shape index (κ1) is 15.5. The molecular weight excluding hydrogens is 346 g/mol. The van der Waals surface area contributed by atoms with E-state index in [1.807, 2.05) is 0 Å². The quantitative estimate of drug-likeness (QED) is 0.805. The zero-order valence-corrected chi connectivity index (χ0v) is 14.4. The lowest BCUT2D eigenvalue weighted by Gasteiger charge is -2.19. The van der Waals surface area contributed by atoms with Crippen molar-refractivity contribution in [3.8, 4) is 0 Å². The molecule has 0 spiro atoms. The van der Waals surface area contributed by atoms with E-state index in [4.69, 9.17) is 0 Å². The fourth-order valence-corrected chi connectivity index (χ4v) is 6.30. The molecule has 108 valence electrons. The van der Waals surface area contributed by atoms with Gasteiger partial charge in [0, 0.05) is 13.1 Å². The maximum absolute atomic E-state index is 12.5. The average molecular weight is 366 g/mol. The summed E-state index contributed by atoms with van der Waals surface area (Å²) in [5, 5.41) is 0. The largest absolute Gasteiger partial charge is 0.252 e. The van der Waals surface area contributed by atoms with Crippen LogP contribution in [0.4, 0.5) is 0 Å². The van der Waals surface area contributed by atoms with Crippen LogP contribution in [0, 0.1) is 5.92 Å². The van der Waals surface area contributed by atoms with Crippen molar-refractivity contribution < 1.29 is 8.42 Å². The molecule has 0 aliphatic carbocycles. The summed E-state index contributed by atoms with van der Waals surface area (Å²) in [4.78, 5) is 0. The second-order valence-electron chi connectivity index (χ2n) is 5.05. The summed E-state index contributed by atoms with van der Waals surface area (Å²) in [7, 11) is -3.28. The van der Waals surface area contributed by atoms with Crippen molar-refractivity contribution in [2.45, 2.75) is 43.2 Å². The molecule has 1 aromatic rings. The molecule has 2 heterocycles. The van der Waals surface area contributed by atoms with Crippen LogP contribution in [0.2, 0.25) is 0 Å². The molecule has 1 aliphatic rings. The highest BCUT2D eigenvalue weighted by Crippen LogP contribution is 2.31. The molecule has 1 atom stereocenters. The van der Waals surface area contributed by atoms with Crippen LogP contribution in [0.5, 0.6) is 0 Å². The van der Waals surface area contributed by atoms with Crippen molar-refractivity contribution in [2.75, 3.05) is 13.1 Å². The van der Waals surface area contributed by atoms with Crippen molar-refractivity contribution in [1.82, 2.24) is 4.31 Å². The lowest BCUT2D eigenvalue weighted by molar-refractivity contribution is 0.400. The van der Waals surface area contributed by atoms with Crippen molar-refractivity contribution in [3.05, 3.63) is 15.9 Å². The second-order valence-corrected chi connectivity index (χ2v) is 9.68. The maximum Gasteiger partial charge on any atom is 0.252 e. The summed E-state index contributed by atoms with van der Waals surface area (Å²) in [5.41, 5.74) is 0. The number of sulfonamides is 1. The Hall–Kier alpha value is 0.0900. The van der Waals surface area contributed by atoms with Gasteiger partial charge in [-0.05, 0) is 53.2 Å². The highest BCUT2D eigenvalue weighted by atomic mass is 79.9. The van der Waals surface area contributed by atoms with Gasteiger partial charge in [0.05, 0.1) is 3.79 Å². The molecule has 19 heavy (non-hydrogen) atoms. The molecule has 0 radical (unpaired) electrons. The van der Waals surface area contributed by atoms with Gasteiger partial charge >= 0.3 is 0 Å². The molecule has 0 aromatic carbocycles. The van der Waals surface area contributed by atoms with E-state index < -0.39 is 10.0 Å². The Morgan fingerprint density at radius 3 is 2.79 bits per heavy atom. The van der Waals surface area contributed by atoms with E-state index in [2.05, 4.69) is 22.9 Å². The van der Waals surface area contributed by atoms with Gasteiger partial charge < -0.3 is 0 Å². The fraction of sp³-hybridized carbons (Fsp3) is 0.692. The summed E-state index contributed by atoms with van der Waals surface area (Å²) in [6, 6.07) is 3.49. The van der Waals surface area contributed by atoms with E-state index >= 15 is 0 Å². The van der Waals surface area contributed by atoms with Gasteiger partial charge in [0.25, 0.3) is 10.0 Å². The monoisotopic (exact) mass is 365 g/mol. The third-order valence-electron chi connectivity index (χ3n) is 3.65. The maximum atomic E-state index is 12.5. The first-order valence-corrected chi connectivity index (χ1v) is 9.84. The topological polar surface area (TPSA) is 37.4 Å². The third kappa shape index (κ3) is 3.80. The van der Waals surface area contributed by atoms with E-state index in [9.17, 15) is 8.42 Å². The van der Waals surface area contributed by atoms with Crippen molar-refractivity contribution in [2.24, 2.45) is 5.92 Å². The summed E-state index contributed by atoms with van der Waals surface area (Å²) in [6.07, 6.45) is 5.55. The van der Waals surface area contributed by atoms with E-state index in [-0.39, 0.29) is 0 Å². The lowest BCUT2D eigenvalue weighted by atomic mass is 9.96. The minimum atomic E-state index is -3.28. The van der Waals surface area contributed by atoms with E-state index in [0.29, 0.717) is 23.2 Å². The Morgan fingerprint density at radius 1 is 1.37 bits per heavy atom. The Balaban J connectivity index is 2.09. The molecule has 6 heteroatoms. The van der Waals surface area contributed by atoms with Gasteiger partial charge in [-0.15, -0.1) is 11.3 Å². The molecule has 1 aliphatic heterocycles. The summed E-state index contributed by atoms with van der Waals surface area (Å²) in [5.74, 6) is 0.695. The second kappa shape index (κ2) is 6.70. The van der Waals surface area contributed by atoms with Crippen LogP contribution in [0.15, 0.2) is 20.1 Å². The number of halogens is 1. The van der Waals surface area contributed by atoms with Gasteiger partial charge in [-0.25, -0.2) is 8.42 Å². The van der Waals surface area contributed by atoms with E-state index in [1.54, 1.807) is 16.4 Å². The van der Waals surface area contributed by atoms with Crippen molar-refractivity contribution >= 4 is 37.3 Å². The molecule has 1 aromatic heterocycles. The highest BCUT2D eigenvalue weighted by Gasteiger charge is 2.28.